The number of rotatable bonds is 7. The summed E-state index contributed by atoms with van der Waals surface area (Å²) in [4.78, 5) is 12.6. The molecule has 0 unspecified atom stereocenters. The van der Waals surface area contributed by atoms with Crippen LogP contribution >= 0.6 is 0 Å². The number of sulfonamides is 1. The molecule has 0 spiro atoms. The molecule has 158 valence electrons. The Morgan fingerprint density at radius 1 is 1.28 bits per heavy atom. The molecule has 3 rings (SSSR count). The molecule has 2 aromatic rings. The van der Waals surface area contributed by atoms with Gasteiger partial charge in [-0.15, -0.1) is 0 Å². The number of hydrogen-bond acceptors (Lipinski definition) is 4. The molecule has 0 bridgehead atoms. The number of amides is 1. The average molecular weight is 423 g/mol. The lowest BCUT2D eigenvalue weighted by atomic mass is 9.99. The molecule has 9 heteroatoms. The van der Waals surface area contributed by atoms with Crippen LogP contribution in [0, 0.1) is 25.6 Å². The van der Waals surface area contributed by atoms with E-state index in [0.29, 0.717) is 25.9 Å². The summed E-state index contributed by atoms with van der Waals surface area (Å²) in [6, 6.07) is 6.78. The van der Waals surface area contributed by atoms with E-state index >= 15 is 0 Å². The monoisotopic (exact) mass is 422 g/mol. The Labute approximate surface area is 171 Å². The summed E-state index contributed by atoms with van der Waals surface area (Å²) < 4.78 is 41.9. The van der Waals surface area contributed by atoms with E-state index < -0.39 is 15.8 Å². The summed E-state index contributed by atoms with van der Waals surface area (Å²) in [6.07, 6.45) is 2.01. The Morgan fingerprint density at radius 2 is 2.00 bits per heavy atom. The van der Waals surface area contributed by atoms with Gasteiger partial charge in [0.2, 0.25) is 15.9 Å². The summed E-state index contributed by atoms with van der Waals surface area (Å²) in [5.41, 5.74) is 2.05. The lowest BCUT2D eigenvalue weighted by molar-refractivity contribution is -0.126. The minimum absolute atomic E-state index is 0.0462. The quantitative estimate of drug-likeness (QED) is 0.694. The van der Waals surface area contributed by atoms with Gasteiger partial charge in [0.25, 0.3) is 0 Å². The molecule has 7 nitrogen and oxygen atoms in total. The molecule has 1 aliphatic heterocycles. The fourth-order valence-electron chi connectivity index (χ4n) is 3.62. The first kappa shape index (κ1) is 21.4. The van der Waals surface area contributed by atoms with Gasteiger partial charge in [-0.25, -0.2) is 12.8 Å². The van der Waals surface area contributed by atoms with Gasteiger partial charge in [-0.1, -0.05) is 0 Å². The van der Waals surface area contributed by atoms with Crippen LogP contribution in [0.5, 0.6) is 0 Å². The van der Waals surface area contributed by atoms with E-state index in [4.69, 9.17) is 0 Å². The molecule has 29 heavy (non-hydrogen) atoms. The highest BCUT2D eigenvalue weighted by Crippen LogP contribution is 2.24. The summed E-state index contributed by atoms with van der Waals surface area (Å²) in [7, 11) is -3.73. The largest absolute Gasteiger partial charge is 0.356 e. The number of nitrogens with one attached hydrogen (secondary N) is 1. The van der Waals surface area contributed by atoms with Crippen LogP contribution in [0.2, 0.25) is 0 Å². The second-order valence-electron chi connectivity index (χ2n) is 7.45. The first-order valence-corrected chi connectivity index (χ1v) is 11.3. The lowest BCUT2D eigenvalue weighted by Crippen LogP contribution is -2.45. The fourth-order valence-corrected chi connectivity index (χ4v) is 5.14. The number of benzene rings is 1. The van der Waals surface area contributed by atoms with Crippen molar-refractivity contribution in [1.82, 2.24) is 19.4 Å². The minimum Gasteiger partial charge on any atom is -0.356 e. The minimum atomic E-state index is -3.73. The van der Waals surface area contributed by atoms with Gasteiger partial charge in [-0.3, -0.25) is 9.48 Å². The van der Waals surface area contributed by atoms with E-state index in [9.17, 15) is 17.6 Å². The van der Waals surface area contributed by atoms with Crippen molar-refractivity contribution in [3.05, 3.63) is 47.5 Å². The Balaban J connectivity index is 1.52. The zero-order valence-corrected chi connectivity index (χ0v) is 17.6. The highest BCUT2D eigenvalue weighted by molar-refractivity contribution is 7.89. The number of aryl methyl sites for hydroxylation is 3. The smallest absolute Gasteiger partial charge is 0.243 e. The van der Waals surface area contributed by atoms with Gasteiger partial charge in [0.15, 0.2) is 0 Å². The molecule has 1 atom stereocenters. The van der Waals surface area contributed by atoms with Crippen LogP contribution < -0.4 is 5.32 Å². The molecule has 1 fully saturated rings. The first-order valence-electron chi connectivity index (χ1n) is 9.82. The molecule has 1 aromatic carbocycles. The van der Waals surface area contributed by atoms with Gasteiger partial charge < -0.3 is 5.32 Å². The Kier molecular flexibility index (Phi) is 6.69. The third-order valence-electron chi connectivity index (χ3n) is 5.16. The van der Waals surface area contributed by atoms with E-state index in [1.165, 1.54) is 16.4 Å². The van der Waals surface area contributed by atoms with Crippen LogP contribution in [0.1, 0.15) is 30.7 Å². The second-order valence-corrected chi connectivity index (χ2v) is 9.39. The zero-order chi connectivity index (χ0) is 21.0. The van der Waals surface area contributed by atoms with Crippen molar-refractivity contribution in [3.8, 4) is 0 Å². The summed E-state index contributed by atoms with van der Waals surface area (Å²) in [5, 5.41) is 7.31. The van der Waals surface area contributed by atoms with Crippen molar-refractivity contribution in [2.45, 2.75) is 44.6 Å². The maximum Gasteiger partial charge on any atom is 0.243 e. The van der Waals surface area contributed by atoms with Gasteiger partial charge >= 0.3 is 0 Å². The number of carbonyl (C=O) groups is 1. The van der Waals surface area contributed by atoms with Crippen LogP contribution in [0.25, 0.3) is 0 Å². The average Bonchev–Trinajstić information content (AvgIpc) is 3.02. The Morgan fingerprint density at radius 3 is 2.66 bits per heavy atom. The number of aromatic nitrogens is 2. The summed E-state index contributed by atoms with van der Waals surface area (Å²) in [5.74, 6) is -0.995. The number of nitrogens with zero attached hydrogens (tertiary/aromatic N) is 3. The molecule has 0 saturated carbocycles. The topological polar surface area (TPSA) is 84.3 Å². The molecule has 1 aromatic heterocycles. The van der Waals surface area contributed by atoms with Crippen molar-refractivity contribution in [1.29, 1.82) is 0 Å². The van der Waals surface area contributed by atoms with Crippen LogP contribution in [-0.2, 0) is 21.4 Å². The summed E-state index contributed by atoms with van der Waals surface area (Å²) >= 11 is 0. The van der Waals surface area contributed by atoms with E-state index in [0.717, 1.165) is 36.5 Å². The van der Waals surface area contributed by atoms with Gasteiger partial charge in [-0.2, -0.15) is 9.40 Å². The maximum absolute atomic E-state index is 13.1. The molecule has 1 saturated heterocycles. The fraction of sp³-hybridized carbons (Fsp3) is 0.500. The molecular formula is C20H27FN4O3S. The van der Waals surface area contributed by atoms with Crippen LogP contribution in [0.3, 0.4) is 0 Å². The molecule has 1 aliphatic rings. The van der Waals surface area contributed by atoms with Crippen LogP contribution in [0.15, 0.2) is 35.2 Å². The van der Waals surface area contributed by atoms with Crippen LogP contribution in [-0.4, -0.2) is 48.0 Å². The third kappa shape index (κ3) is 5.22. The van der Waals surface area contributed by atoms with Crippen molar-refractivity contribution in [2.75, 3.05) is 19.6 Å². The molecule has 0 aliphatic carbocycles. The van der Waals surface area contributed by atoms with Crippen LogP contribution in [0.4, 0.5) is 4.39 Å². The van der Waals surface area contributed by atoms with E-state index in [-0.39, 0.29) is 23.3 Å². The molecule has 1 N–H and O–H groups in total. The molecule has 2 heterocycles. The Hall–Kier alpha value is -2.26. The first-order chi connectivity index (χ1) is 13.8. The predicted molar refractivity (Wildman–Crippen MR) is 107 cm³/mol. The van der Waals surface area contributed by atoms with Crippen molar-refractivity contribution >= 4 is 15.9 Å². The van der Waals surface area contributed by atoms with Crippen molar-refractivity contribution in [2.24, 2.45) is 5.92 Å². The normalized spacial score (nSPS) is 18.0. The Bertz CT molecular complexity index is 957. The predicted octanol–water partition coefficient (Wildman–Crippen LogP) is 2.25. The third-order valence-corrected chi connectivity index (χ3v) is 7.03. The molecule has 1 amide bonds. The number of hydrogen-bond donors (Lipinski definition) is 1. The van der Waals surface area contributed by atoms with Gasteiger partial charge in [-0.05, 0) is 63.4 Å². The van der Waals surface area contributed by atoms with E-state index in [1.54, 1.807) is 0 Å². The maximum atomic E-state index is 13.1. The SMILES string of the molecule is Cc1cc(C)n(CCCNC(=O)[C@H]2CCCN(S(=O)(=O)c3ccc(F)cc3)C2)n1. The van der Waals surface area contributed by atoms with E-state index in [1.807, 2.05) is 24.6 Å². The number of piperidine rings is 1. The van der Waals surface area contributed by atoms with E-state index in [2.05, 4.69) is 10.4 Å². The highest BCUT2D eigenvalue weighted by Gasteiger charge is 2.33. The van der Waals surface area contributed by atoms with Gasteiger partial charge in [0.05, 0.1) is 16.5 Å². The second kappa shape index (κ2) is 9.04. The standard InChI is InChI=1S/C20H27FN4O3S/c1-15-13-16(2)25(23-15)12-4-10-22-20(26)17-5-3-11-24(14-17)29(27,28)19-8-6-18(21)7-9-19/h6-9,13,17H,3-5,10-12,14H2,1-2H3,(H,22,26)/t17-/m0/s1. The summed E-state index contributed by atoms with van der Waals surface area (Å²) in [6.45, 7) is 5.68. The number of carbonyl (C=O) groups excluding carboxylic acids is 1. The highest BCUT2D eigenvalue weighted by atomic mass is 32.2. The van der Waals surface area contributed by atoms with Gasteiger partial charge in [0, 0.05) is 31.9 Å². The lowest BCUT2D eigenvalue weighted by Gasteiger charge is -2.31. The zero-order valence-electron chi connectivity index (χ0n) is 16.8. The molecule has 0 radical (unpaired) electrons. The van der Waals surface area contributed by atoms with Crippen molar-refractivity contribution in [3.63, 3.8) is 0 Å². The van der Waals surface area contributed by atoms with Crippen molar-refractivity contribution < 1.29 is 17.6 Å². The number of halogens is 1. The van der Waals surface area contributed by atoms with Gasteiger partial charge in [0.1, 0.15) is 5.82 Å². The molecular weight excluding hydrogens is 395 g/mol.